The van der Waals surface area contributed by atoms with Crippen molar-refractivity contribution in [1.82, 2.24) is 10.9 Å². The van der Waals surface area contributed by atoms with Crippen molar-refractivity contribution in [3.05, 3.63) is 81.0 Å². The number of sulfonamides is 1. The summed E-state index contributed by atoms with van der Waals surface area (Å²) >= 11 is 6.89. The number of hydrogen-bond donors (Lipinski definition) is 3. The third kappa shape index (κ3) is 4.94. The minimum absolute atomic E-state index is 0.0657. The maximum Gasteiger partial charge on any atom is 0.281 e. The summed E-state index contributed by atoms with van der Waals surface area (Å²) in [7, 11) is -3.99. The van der Waals surface area contributed by atoms with Gasteiger partial charge >= 0.3 is 0 Å². The zero-order chi connectivity index (χ0) is 21.0. The number of anilines is 1. The molecule has 2 aromatic carbocycles. The van der Waals surface area contributed by atoms with Crippen molar-refractivity contribution in [1.29, 1.82) is 0 Å². The lowest BCUT2D eigenvalue weighted by molar-refractivity contribution is 0.0847. The van der Waals surface area contributed by atoms with Crippen LogP contribution in [0.3, 0.4) is 0 Å². The summed E-state index contributed by atoms with van der Waals surface area (Å²) in [6, 6.07) is 14.4. The first-order valence-corrected chi connectivity index (χ1v) is 11.0. The summed E-state index contributed by atoms with van der Waals surface area (Å²) in [4.78, 5) is 24.3. The summed E-state index contributed by atoms with van der Waals surface area (Å²) in [6.07, 6.45) is 0. The topological polar surface area (TPSA) is 104 Å². The van der Waals surface area contributed by atoms with E-state index in [1.165, 1.54) is 17.5 Å². The third-order valence-electron chi connectivity index (χ3n) is 3.84. The van der Waals surface area contributed by atoms with Gasteiger partial charge in [-0.1, -0.05) is 41.4 Å². The van der Waals surface area contributed by atoms with Gasteiger partial charge in [0.15, 0.2) is 0 Å². The maximum atomic E-state index is 12.7. The molecule has 0 saturated heterocycles. The fraction of sp³-hybridized carbons (Fsp3) is 0.0526. The van der Waals surface area contributed by atoms with Gasteiger partial charge in [-0.3, -0.25) is 25.2 Å². The molecule has 3 N–H and O–H groups in total. The molecule has 0 atom stereocenters. The molecule has 10 heteroatoms. The highest BCUT2D eigenvalue weighted by molar-refractivity contribution is 7.93. The molecule has 7 nitrogen and oxygen atoms in total. The molecule has 3 aromatic rings. The molecular weight excluding hydrogens is 434 g/mol. The molecule has 0 aliphatic carbocycles. The van der Waals surface area contributed by atoms with Gasteiger partial charge in [0.05, 0.1) is 10.6 Å². The summed E-state index contributed by atoms with van der Waals surface area (Å²) in [5.74, 6) is -1.38. The second kappa shape index (κ2) is 8.64. The van der Waals surface area contributed by atoms with Crippen LogP contribution in [0.4, 0.5) is 5.69 Å². The van der Waals surface area contributed by atoms with E-state index in [1.807, 2.05) is 6.92 Å². The van der Waals surface area contributed by atoms with Crippen LogP contribution in [0.15, 0.2) is 64.9 Å². The van der Waals surface area contributed by atoms with Gasteiger partial charge in [-0.05, 0) is 42.6 Å². The Morgan fingerprint density at radius 2 is 1.59 bits per heavy atom. The number of thiophene rings is 1. The van der Waals surface area contributed by atoms with Crippen LogP contribution < -0.4 is 15.6 Å². The first kappa shape index (κ1) is 20.8. The van der Waals surface area contributed by atoms with E-state index in [-0.39, 0.29) is 20.4 Å². The largest absolute Gasteiger partial charge is 0.281 e. The van der Waals surface area contributed by atoms with E-state index in [2.05, 4.69) is 15.6 Å². The minimum Gasteiger partial charge on any atom is -0.280 e. The van der Waals surface area contributed by atoms with E-state index in [4.69, 9.17) is 11.6 Å². The van der Waals surface area contributed by atoms with Gasteiger partial charge < -0.3 is 0 Å². The summed E-state index contributed by atoms with van der Waals surface area (Å²) in [5.41, 5.74) is 5.98. The van der Waals surface area contributed by atoms with Crippen molar-refractivity contribution in [2.24, 2.45) is 0 Å². The highest BCUT2D eigenvalue weighted by Gasteiger charge is 2.24. The van der Waals surface area contributed by atoms with Gasteiger partial charge in [0, 0.05) is 5.69 Å². The molecule has 0 radical (unpaired) electrons. The van der Waals surface area contributed by atoms with Crippen LogP contribution in [-0.4, -0.2) is 20.2 Å². The standard InChI is InChI=1S/C19H16ClN3O4S2/c1-12-6-8-13(9-7-12)23-29(26,27)16-10-11-28-17(16)19(25)22-21-18(24)14-4-2-3-5-15(14)20/h2-11,23H,1H3,(H,21,24)(H,22,25). The SMILES string of the molecule is Cc1ccc(NS(=O)(=O)c2ccsc2C(=O)NNC(=O)c2ccccc2Cl)cc1. The number of aryl methyl sites for hydroxylation is 1. The Hall–Kier alpha value is -2.88. The molecule has 29 heavy (non-hydrogen) atoms. The molecule has 3 rings (SSSR count). The molecule has 0 fully saturated rings. The Balaban J connectivity index is 1.73. The van der Waals surface area contributed by atoms with Crippen molar-refractivity contribution < 1.29 is 18.0 Å². The lowest BCUT2D eigenvalue weighted by Gasteiger charge is -2.10. The number of hydrazine groups is 1. The van der Waals surface area contributed by atoms with E-state index < -0.39 is 21.8 Å². The molecule has 1 heterocycles. The predicted molar refractivity (Wildman–Crippen MR) is 113 cm³/mol. The molecule has 0 unspecified atom stereocenters. The fourth-order valence-corrected chi connectivity index (χ4v) is 4.99. The molecule has 150 valence electrons. The minimum atomic E-state index is -3.99. The Morgan fingerprint density at radius 3 is 2.28 bits per heavy atom. The molecule has 0 aliphatic rings. The van der Waals surface area contributed by atoms with Gasteiger partial charge in [0.25, 0.3) is 21.8 Å². The zero-order valence-electron chi connectivity index (χ0n) is 15.1. The van der Waals surface area contributed by atoms with Crippen LogP contribution in [0.1, 0.15) is 25.6 Å². The molecule has 0 spiro atoms. The van der Waals surface area contributed by atoms with E-state index in [0.29, 0.717) is 5.69 Å². The number of amides is 2. The Kier molecular flexibility index (Phi) is 6.21. The average Bonchev–Trinajstić information content (AvgIpc) is 3.19. The molecule has 1 aromatic heterocycles. The van der Waals surface area contributed by atoms with Gasteiger partial charge in [-0.25, -0.2) is 8.42 Å². The van der Waals surface area contributed by atoms with Crippen LogP contribution >= 0.6 is 22.9 Å². The van der Waals surface area contributed by atoms with Crippen molar-refractivity contribution in [3.8, 4) is 0 Å². The highest BCUT2D eigenvalue weighted by Crippen LogP contribution is 2.24. The van der Waals surface area contributed by atoms with Gasteiger partial charge in [-0.15, -0.1) is 11.3 Å². The lowest BCUT2D eigenvalue weighted by atomic mass is 10.2. The zero-order valence-corrected chi connectivity index (χ0v) is 17.5. The number of hydrogen-bond acceptors (Lipinski definition) is 5. The quantitative estimate of drug-likeness (QED) is 0.518. The van der Waals surface area contributed by atoms with E-state index in [9.17, 15) is 18.0 Å². The Labute approximate surface area is 176 Å². The smallest absolute Gasteiger partial charge is 0.280 e. The molecular formula is C19H16ClN3O4S2. The van der Waals surface area contributed by atoms with Crippen molar-refractivity contribution in [2.75, 3.05) is 4.72 Å². The van der Waals surface area contributed by atoms with Crippen molar-refractivity contribution >= 4 is 50.5 Å². The number of rotatable bonds is 5. The first-order valence-electron chi connectivity index (χ1n) is 8.30. The molecule has 0 bridgehead atoms. The van der Waals surface area contributed by atoms with Crippen molar-refractivity contribution in [2.45, 2.75) is 11.8 Å². The number of halogens is 1. The number of carbonyl (C=O) groups is 2. The van der Waals surface area contributed by atoms with Crippen LogP contribution in [-0.2, 0) is 10.0 Å². The Morgan fingerprint density at radius 1 is 0.931 bits per heavy atom. The van der Waals surface area contributed by atoms with Crippen molar-refractivity contribution in [3.63, 3.8) is 0 Å². The van der Waals surface area contributed by atoms with Crippen LogP contribution in [0.25, 0.3) is 0 Å². The lowest BCUT2D eigenvalue weighted by Crippen LogP contribution is -2.41. The van der Waals surface area contributed by atoms with E-state index in [0.717, 1.165) is 16.9 Å². The van der Waals surface area contributed by atoms with Gasteiger partial charge in [-0.2, -0.15) is 0 Å². The number of carbonyl (C=O) groups excluding carboxylic acids is 2. The second-order valence-corrected chi connectivity index (χ2v) is 8.95. The normalized spacial score (nSPS) is 11.0. The average molecular weight is 450 g/mol. The second-order valence-electron chi connectivity index (χ2n) is 5.97. The Bertz CT molecular complexity index is 1160. The fourth-order valence-electron chi connectivity index (χ4n) is 2.39. The van der Waals surface area contributed by atoms with Gasteiger partial charge in [0.1, 0.15) is 9.77 Å². The van der Waals surface area contributed by atoms with Crippen LogP contribution in [0.2, 0.25) is 5.02 Å². The predicted octanol–water partition coefficient (Wildman–Crippen LogP) is 3.59. The summed E-state index contributed by atoms with van der Waals surface area (Å²) < 4.78 is 27.8. The summed E-state index contributed by atoms with van der Waals surface area (Å²) in [5, 5.41) is 1.70. The molecule has 0 aliphatic heterocycles. The van der Waals surface area contributed by atoms with E-state index >= 15 is 0 Å². The summed E-state index contributed by atoms with van der Waals surface area (Å²) in [6.45, 7) is 1.89. The molecule has 2 amide bonds. The number of benzene rings is 2. The highest BCUT2D eigenvalue weighted by atomic mass is 35.5. The third-order valence-corrected chi connectivity index (χ3v) is 6.63. The van der Waals surface area contributed by atoms with E-state index in [1.54, 1.807) is 42.5 Å². The number of nitrogens with one attached hydrogen (secondary N) is 3. The van der Waals surface area contributed by atoms with Crippen LogP contribution in [0, 0.1) is 6.92 Å². The van der Waals surface area contributed by atoms with Crippen LogP contribution in [0.5, 0.6) is 0 Å². The monoisotopic (exact) mass is 449 g/mol. The first-order chi connectivity index (χ1) is 13.8. The molecule has 0 saturated carbocycles. The maximum absolute atomic E-state index is 12.7. The van der Waals surface area contributed by atoms with Gasteiger partial charge in [0.2, 0.25) is 0 Å².